The van der Waals surface area contributed by atoms with Crippen molar-refractivity contribution in [3.05, 3.63) is 29.3 Å². The number of ether oxygens (including phenoxy) is 1. The smallest absolute Gasteiger partial charge is 0.408 e. The first-order valence-corrected chi connectivity index (χ1v) is 13.4. The van der Waals surface area contributed by atoms with Crippen molar-refractivity contribution in [2.24, 2.45) is 0 Å². The molecule has 0 heterocycles. The summed E-state index contributed by atoms with van der Waals surface area (Å²) in [5, 5.41) is 16.5. The molecule has 2 unspecified atom stereocenters. The minimum Gasteiger partial charge on any atom is -0.507 e. The van der Waals surface area contributed by atoms with Crippen LogP contribution in [0.2, 0.25) is 0 Å². The molecule has 0 aliphatic heterocycles. The highest BCUT2D eigenvalue weighted by molar-refractivity contribution is 7.98. The molecule has 3 amide bonds. The van der Waals surface area contributed by atoms with Crippen molar-refractivity contribution < 1.29 is 24.2 Å². The number of rotatable bonds is 10. The lowest BCUT2D eigenvalue weighted by Gasteiger charge is -2.36. The fourth-order valence-corrected chi connectivity index (χ4v) is 4.01. The van der Waals surface area contributed by atoms with Crippen molar-refractivity contribution in [3.63, 3.8) is 0 Å². The van der Waals surface area contributed by atoms with E-state index in [9.17, 15) is 19.5 Å². The number of alkyl carbamates (subject to hydrolysis) is 1. The Kier molecular flexibility index (Phi) is 11.4. The highest BCUT2D eigenvalue weighted by Gasteiger charge is 2.38. The van der Waals surface area contributed by atoms with E-state index in [1.807, 2.05) is 34.0 Å². The van der Waals surface area contributed by atoms with E-state index in [4.69, 9.17) is 4.74 Å². The lowest BCUT2D eigenvalue weighted by atomic mass is 9.97. The molecule has 0 spiro atoms. The molecule has 0 bridgehead atoms. The lowest BCUT2D eigenvalue weighted by Crippen LogP contribution is -2.55. The number of nitrogens with one attached hydrogen (secondary N) is 2. The number of hydrogen-bond donors (Lipinski definition) is 3. The normalized spacial score (nSPS) is 13.5. The topological polar surface area (TPSA) is 108 Å². The van der Waals surface area contributed by atoms with Crippen molar-refractivity contribution in [1.29, 1.82) is 0 Å². The minimum absolute atomic E-state index is 0.0313. The Hall–Kier alpha value is -2.42. The standard InChI is InChI=1S/C26H43N3O5S/c1-10-15-29(23(32)19(14-16-35-9)27-24(33)34-26(6,7)8)20(22(31)28-25(3,4)5)18-13-11-12-17(2)21(18)30/h11-13,19-20,30H,10,14-16H2,1-9H3,(H,27,33)(H,28,31). The van der Waals surface area contributed by atoms with Gasteiger partial charge in [0.2, 0.25) is 11.8 Å². The summed E-state index contributed by atoms with van der Waals surface area (Å²) in [5.41, 5.74) is -0.328. The third-order valence-corrected chi connectivity index (χ3v) is 5.61. The highest BCUT2D eigenvalue weighted by Crippen LogP contribution is 2.33. The number of phenolic OH excluding ortho intramolecular Hbond substituents is 1. The minimum atomic E-state index is -1.07. The number of hydrogen-bond acceptors (Lipinski definition) is 6. The number of phenols is 1. The van der Waals surface area contributed by atoms with Gasteiger partial charge in [0.25, 0.3) is 0 Å². The van der Waals surface area contributed by atoms with Gasteiger partial charge in [0.1, 0.15) is 23.4 Å². The second-order valence-corrected chi connectivity index (χ2v) is 11.7. The van der Waals surface area contributed by atoms with Gasteiger partial charge in [0, 0.05) is 17.6 Å². The number of thioether (sulfide) groups is 1. The molecule has 0 aromatic heterocycles. The van der Waals surface area contributed by atoms with Gasteiger partial charge in [-0.25, -0.2) is 4.79 Å². The molecule has 198 valence electrons. The zero-order valence-corrected chi connectivity index (χ0v) is 23.5. The summed E-state index contributed by atoms with van der Waals surface area (Å²) in [7, 11) is 0. The first kappa shape index (κ1) is 30.6. The molecule has 0 saturated heterocycles. The van der Waals surface area contributed by atoms with Crippen LogP contribution in [0.4, 0.5) is 4.79 Å². The van der Waals surface area contributed by atoms with Crippen molar-refractivity contribution in [1.82, 2.24) is 15.5 Å². The van der Waals surface area contributed by atoms with Gasteiger partial charge in [-0.2, -0.15) is 11.8 Å². The van der Waals surface area contributed by atoms with Crippen LogP contribution in [-0.2, 0) is 14.3 Å². The quantitative estimate of drug-likeness (QED) is 0.427. The van der Waals surface area contributed by atoms with Crippen LogP contribution in [0.3, 0.4) is 0 Å². The molecule has 2 atom stereocenters. The van der Waals surface area contributed by atoms with E-state index in [2.05, 4.69) is 10.6 Å². The Balaban J connectivity index is 3.51. The van der Waals surface area contributed by atoms with E-state index in [0.29, 0.717) is 29.7 Å². The SMILES string of the molecule is CCCN(C(=O)C(CCSC)NC(=O)OC(C)(C)C)C(C(=O)NC(C)(C)C)c1cccc(C)c1O. The average Bonchev–Trinajstić information content (AvgIpc) is 2.70. The van der Waals surface area contributed by atoms with Crippen molar-refractivity contribution >= 4 is 29.7 Å². The summed E-state index contributed by atoms with van der Waals surface area (Å²) in [5.74, 6) is -0.209. The number of aromatic hydroxyl groups is 1. The van der Waals surface area contributed by atoms with Crippen LogP contribution in [0.5, 0.6) is 5.75 Å². The lowest BCUT2D eigenvalue weighted by molar-refractivity contribution is -0.143. The molecule has 35 heavy (non-hydrogen) atoms. The fraction of sp³-hybridized carbons (Fsp3) is 0.654. The highest BCUT2D eigenvalue weighted by atomic mass is 32.2. The van der Waals surface area contributed by atoms with E-state index in [1.165, 1.54) is 4.90 Å². The number of para-hydroxylation sites is 1. The van der Waals surface area contributed by atoms with E-state index < -0.39 is 41.1 Å². The largest absolute Gasteiger partial charge is 0.507 e. The summed E-state index contributed by atoms with van der Waals surface area (Å²) >= 11 is 1.55. The van der Waals surface area contributed by atoms with Crippen LogP contribution in [0.25, 0.3) is 0 Å². The molecule has 0 fully saturated rings. The Morgan fingerprint density at radius 2 is 1.77 bits per heavy atom. The van der Waals surface area contributed by atoms with Gasteiger partial charge in [0.05, 0.1) is 0 Å². The van der Waals surface area contributed by atoms with Gasteiger partial charge >= 0.3 is 6.09 Å². The average molecular weight is 510 g/mol. The summed E-state index contributed by atoms with van der Waals surface area (Å²) in [6.45, 7) is 14.7. The van der Waals surface area contributed by atoms with Crippen LogP contribution in [0.15, 0.2) is 18.2 Å². The van der Waals surface area contributed by atoms with Gasteiger partial charge in [-0.05, 0) is 78.9 Å². The predicted octanol–water partition coefficient (Wildman–Crippen LogP) is 4.54. The maximum Gasteiger partial charge on any atom is 0.408 e. The molecular formula is C26H43N3O5S. The zero-order chi connectivity index (χ0) is 27.0. The third-order valence-electron chi connectivity index (χ3n) is 4.97. The van der Waals surface area contributed by atoms with Crippen LogP contribution < -0.4 is 10.6 Å². The van der Waals surface area contributed by atoms with Gasteiger partial charge in [-0.15, -0.1) is 0 Å². The van der Waals surface area contributed by atoms with Crippen LogP contribution in [-0.4, -0.2) is 63.6 Å². The second-order valence-electron chi connectivity index (χ2n) is 10.7. The summed E-state index contributed by atoms with van der Waals surface area (Å²) < 4.78 is 5.38. The van der Waals surface area contributed by atoms with Gasteiger partial charge < -0.3 is 25.4 Å². The van der Waals surface area contributed by atoms with Crippen molar-refractivity contribution in [2.75, 3.05) is 18.6 Å². The van der Waals surface area contributed by atoms with Gasteiger partial charge in [0.15, 0.2) is 0 Å². The Morgan fingerprint density at radius 3 is 2.29 bits per heavy atom. The van der Waals surface area contributed by atoms with Gasteiger partial charge in [-0.1, -0.05) is 25.1 Å². The molecule has 3 N–H and O–H groups in total. The van der Waals surface area contributed by atoms with E-state index in [1.54, 1.807) is 57.7 Å². The monoisotopic (exact) mass is 509 g/mol. The molecule has 8 nitrogen and oxygen atoms in total. The molecule has 0 aliphatic carbocycles. The number of nitrogens with zero attached hydrogens (tertiary/aromatic N) is 1. The molecule has 1 aromatic carbocycles. The number of aryl methyl sites for hydroxylation is 1. The van der Waals surface area contributed by atoms with E-state index >= 15 is 0 Å². The Labute approximate surface area is 214 Å². The van der Waals surface area contributed by atoms with E-state index in [-0.39, 0.29) is 12.3 Å². The van der Waals surface area contributed by atoms with Crippen LogP contribution in [0, 0.1) is 6.92 Å². The number of benzene rings is 1. The summed E-state index contributed by atoms with van der Waals surface area (Å²) in [6.07, 6.45) is 2.18. The van der Waals surface area contributed by atoms with Gasteiger partial charge in [-0.3, -0.25) is 9.59 Å². The summed E-state index contributed by atoms with van der Waals surface area (Å²) in [4.78, 5) is 41.5. The molecule has 0 saturated carbocycles. The zero-order valence-electron chi connectivity index (χ0n) is 22.7. The Morgan fingerprint density at radius 1 is 1.14 bits per heavy atom. The van der Waals surface area contributed by atoms with E-state index in [0.717, 1.165) is 0 Å². The third kappa shape index (κ3) is 9.99. The van der Waals surface area contributed by atoms with Crippen LogP contribution in [0.1, 0.15) is 78.5 Å². The fourth-order valence-electron chi connectivity index (χ4n) is 3.54. The molecular weight excluding hydrogens is 466 g/mol. The maximum atomic E-state index is 13.9. The Bertz CT molecular complexity index is 877. The molecule has 0 aliphatic rings. The van der Waals surface area contributed by atoms with Crippen LogP contribution >= 0.6 is 11.8 Å². The van der Waals surface area contributed by atoms with Crippen molar-refractivity contribution in [2.45, 2.75) is 91.5 Å². The maximum absolute atomic E-state index is 13.9. The summed E-state index contributed by atoms with van der Waals surface area (Å²) in [6, 6.07) is 3.19. The first-order chi connectivity index (χ1) is 16.1. The molecule has 0 radical (unpaired) electrons. The molecule has 1 aromatic rings. The molecule has 1 rings (SSSR count). The molecule has 9 heteroatoms. The number of carbonyl (C=O) groups excluding carboxylic acids is 3. The van der Waals surface area contributed by atoms with Crippen molar-refractivity contribution in [3.8, 4) is 5.75 Å². The number of amides is 3. The first-order valence-electron chi connectivity index (χ1n) is 12.0. The number of carbonyl (C=O) groups is 3. The second kappa shape index (κ2) is 13.0. The predicted molar refractivity (Wildman–Crippen MR) is 142 cm³/mol.